The van der Waals surface area contributed by atoms with Gasteiger partial charge in [-0.1, -0.05) is 48.5 Å². The molecule has 2 aromatic carbocycles. The summed E-state index contributed by atoms with van der Waals surface area (Å²) in [6, 6.07) is 17.9. The molecule has 1 aliphatic heterocycles. The predicted molar refractivity (Wildman–Crippen MR) is 94.7 cm³/mol. The van der Waals surface area contributed by atoms with E-state index in [0.717, 1.165) is 0 Å². The molecule has 3 rings (SSSR count). The predicted octanol–water partition coefficient (Wildman–Crippen LogP) is 2.44. The molecule has 0 saturated carbocycles. The van der Waals surface area contributed by atoms with Gasteiger partial charge in [-0.05, 0) is 17.7 Å². The van der Waals surface area contributed by atoms with E-state index in [0.29, 0.717) is 11.1 Å². The fourth-order valence-corrected chi connectivity index (χ4v) is 3.12. The summed E-state index contributed by atoms with van der Waals surface area (Å²) in [5.74, 6) is -1.19. The van der Waals surface area contributed by atoms with Gasteiger partial charge in [0.2, 0.25) is 18.0 Å². The van der Waals surface area contributed by atoms with Crippen LogP contribution in [0.5, 0.6) is 0 Å². The monoisotopic (exact) mass is 354 g/mol. The van der Waals surface area contributed by atoms with Crippen LogP contribution in [0.25, 0.3) is 0 Å². The highest BCUT2D eigenvalue weighted by Crippen LogP contribution is 2.37. The standard InChI is InChI=1S/C19H18N2O5/c1-25-18(22)19(13-26-17(20-19)15-10-6-3-7-11-15)16(12-21(23)24)14-8-4-2-5-9-14/h2-11,16H,12-13H2,1H3/t16-,19+/m1/s1. The molecular formula is C19H18N2O5. The lowest BCUT2D eigenvalue weighted by molar-refractivity contribution is -0.484. The van der Waals surface area contributed by atoms with Crippen molar-refractivity contribution < 1.29 is 19.2 Å². The Labute approximate surface area is 150 Å². The van der Waals surface area contributed by atoms with Gasteiger partial charge < -0.3 is 9.47 Å². The van der Waals surface area contributed by atoms with Crippen molar-refractivity contribution in [2.45, 2.75) is 11.5 Å². The number of esters is 1. The summed E-state index contributed by atoms with van der Waals surface area (Å²) in [5.41, 5.74) is -0.170. The van der Waals surface area contributed by atoms with Crippen molar-refractivity contribution in [3.05, 3.63) is 81.9 Å². The van der Waals surface area contributed by atoms with Crippen molar-refractivity contribution in [1.82, 2.24) is 0 Å². The molecule has 1 aliphatic rings. The topological polar surface area (TPSA) is 91.0 Å². The number of hydrogen-bond donors (Lipinski definition) is 0. The summed E-state index contributed by atoms with van der Waals surface area (Å²) < 4.78 is 10.6. The summed E-state index contributed by atoms with van der Waals surface area (Å²) in [4.78, 5) is 28.0. The van der Waals surface area contributed by atoms with Crippen molar-refractivity contribution in [1.29, 1.82) is 0 Å². The quantitative estimate of drug-likeness (QED) is 0.451. The van der Waals surface area contributed by atoms with Crippen molar-refractivity contribution >= 4 is 11.9 Å². The van der Waals surface area contributed by atoms with Gasteiger partial charge in [0.1, 0.15) is 6.61 Å². The van der Waals surface area contributed by atoms with Crippen LogP contribution in [-0.4, -0.2) is 42.6 Å². The van der Waals surface area contributed by atoms with E-state index >= 15 is 0 Å². The summed E-state index contributed by atoms with van der Waals surface area (Å²) >= 11 is 0. The maximum atomic E-state index is 12.7. The molecule has 134 valence electrons. The molecule has 0 aromatic heterocycles. The van der Waals surface area contributed by atoms with Crippen LogP contribution < -0.4 is 0 Å². The van der Waals surface area contributed by atoms with Crippen LogP contribution in [-0.2, 0) is 14.3 Å². The third-order valence-electron chi connectivity index (χ3n) is 4.40. The van der Waals surface area contributed by atoms with Crippen LogP contribution >= 0.6 is 0 Å². The molecule has 26 heavy (non-hydrogen) atoms. The van der Waals surface area contributed by atoms with Crippen LogP contribution in [0.1, 0.15) is 17.0 Å². The maximum Gasteiger partial charge on any atom is 0.338 e. The molecule has 0 N–H and O–H groups in total. The number of aliphatic imine (C=N–C) groups is 1. The van der Waals surface area contributed by atoms with E-state index < -0.39 is 28.9 Å². The number of nitro groups is 1. The fraction of sp³-hybridized carbons (Fsp3) is 0.263. The second-order valence-corrected chi connectivity index (χ2v) is 5.97. The smallest absolute Gasteiger partial charge is 0.338 e. The molecule has 7 nitrogen and oxygen atoms in total. The Kier molecular flexibility index (Phi) is 4.97. The minimum absolute atomic E-state index is 0.114. The van der Waals surface area contributed by atoms with Crippen LogP contribution in [0, 0.1) is 10.1 Å². The van der Waals surface area contributed by atoms with Crippen LogP contribution in [0.2, 0.25) is 0 Å². The highest BCUT2D eigenvalue weighted by molar-refractivity contribution is 5.99. The molecule has 0 aliphatic carbocycles. The number of ether oxygens (including phenoxy) is 2. The molecule has 1 heterocycles. The van der Waals surface area contributed by atoms with Crippen molar-refractivity contribution in [2.75, 3.05) is 20.3 Å². The zero-order valence-electron chi connectivity index (χ0n) is 14.2. The molecule has 7 heteroatoms. The average molecular weight is 354 g/mol. The maximum absolute atomic E-state index is 12.7. The van der Waals surface area contributed by atoms with Crippen LogP contribution in [0.4, 0.5) is 0 Å². The highest BCUT2D eigenvalue weighted by Gasteiger charge is 2.54. The van der Waals surface area contributed by atoms with Gasteiger partial charge in [-0.3, -0.25) is 10.1 Å². The lowest BCUT2D eigenvalue weighted by Crippen LogP contribution is -2.47. The van der Waals surface area contributed by atoms with Gasteiger partial charge in [-0.25, -0.2) is 9.79 Å². The molecule has 0 unspecified atom stereocenters. The Morgan fingerprint density at radius 3 is 2.42 bits per heavy atom. The van der Waals surface area contributed by atoms with Gasteiger partial charge in [0.05, 0.1) is 13.0 Å². The van der Waals surface area contributed by atoms with Gasteiger partial charge in [0.25, 0.3) is 0 Å². The third kappa shape index (κ3) is 3.28. The second kappa shape index (κ2) is 7.35. The number of nitrogens with zero attached hydrogens (tertiary/aromatic N) is 2. The lowest BCUT2D eigenvalue weighted by atomic mass is 9.80. The first-order valence-electron chi connectivity index (χ1n) is 8.10. The molecule has 0 fully saturated rings. The molecule has 2 atom stereocenters. The van der Waals surface area contributed by atoms with E-state index in [1.165, 1.54) is 7.11 Å². The number of methoxy groups -OCH3 is 1. The Morgan fingerprint density at radius 1 is 1.23 bits per heavy atom. The van der Waals surface area contributed by atoms with Crippen molar-refractivity contribution in [3.8, 4) is 0 Å². The molecule has 0 radical (unpaired) electrons. The van der Waals surface area contributed by atoms with Gasteiger partial charge in [-0.15, -0.1) is 0 Å². The number of benzene rings is 2. The third-order valence-corrected chi connectivity index (χ3v) is 4.40. The molecule has 0 saturated heterocycles. The van der Waals surface area contributed by atoms with Gasteiger partial charge >= 0.3 is 5.97 Å². The second-order valence-electron chi connectivity index (χ2n) is 5.97. The van der Waals surface area contributed by atoms with Crippen molar-refractivity contribution in [3.63, 3.8) is 0 Å². The van der Waals surface area contributed by atoms with Crippen molar-refractivity contribution in [2.24, 2.45) is 4.99 Å². The number of carbonyl (C=O) groups excluding carboxylic acids is 1. The van der Waals surface area contributed by atoms with E-state index in [9.17, 15) is 14.9 Å². The molecule has 0 spiro atoms. The first-order valence-corrected chi connectivity index (χ1v) is 8.10. The molecule has 0 amide bonds. The first-order chi connectivity index (χ1) is 12.6. The van der Waals surface area contributed by atoms with E-state index in [1.807, 2.05) is 18.2 Å². The zero-order valence-corrected chi connectivity index (χ0v) is 14.2. The largest absolute Gasteiger partial charge is 0.474 e. The summed E-state index contributed by atoms with van der Waals surface area (Å²) in [5, 5.41) is 11.3. The van der Waals surface area contributed by atoms with Gasteiger partial charge in [-0.2, -0.15) is 0 Å². The highest BCUT2D eigenvalue weighted by atomic mass is 16.6. The van der Waals surface area contributed by atoms with Crippen LogP contribution in [0.3, 0.4) is 0 Å². The first kappa shape index (κ1) is 17.6. The number of rotatable bonds is 6. The zero-order chi connectivity index (χ0) is 18.6. The van der Waals surface area contributed by atoms with Gasteiger partial charge in [0, 0.05) is 10.5 Å². The SMILES string of the molecule is COC(=O)[C@@]1([C@H](C[N+](=O)[O-])c2ccccc2)COC(c2ccccc2)=N1. The van der Waals surface area contributed by atoms with E-state index in [2.05, 4.69) is 4.99 Å². The lowest BCUT2D eigenvalue weighted by Gasteiger charge is -2.28. The molecule has 0 bridgehead atoms. The van der Waals surface area contributed by atoms with Crippen LogP contribution in [0.15, 0.2) is 65.7 Å². The summed E-state index contributed by atoms with van der Waals surface area (Å²) in [6.45, 7) is -0.578. The Morgan fingerprint density at radius 2 is 1.85 bits per heavy atom. The molecule has 2 aromatic rings. The minimum atomic E-state index is -1.51. The van der Waals surface area contributed by atoms with E-state index in [1.54, 1.807) is 42.5 Å². The molecular weight excluding hydrogens is 336 g/mol. The normalized spacial score (nSPS) is 20.0. The number of hydrogen-bond acceptors (Lipinski definition) is 6. The Balaban J connectivity index is 2.11. The summed E-state index contributed by atoms with van der Waals surface area (Å²) in [7, 11) is 1.24. The van der Waals surface area contributed by atoms with E-state index in [-0.39, 0.29) is 12.5 Å². The van der Waals surface area contributed by atoms with E-state index in [4.69, 9.17) is 9.47 Å². The Hall–Kier alpha value is -3.22. The number of carbonyl (C=O) groups is 1. The summed E-state index contributed by atoms with van der Waals surface area (Å²) in [6.07, 6.45) is 0. The fourth-order valence-electron chi connectivity index (χ4n) is 3.12. The minimum Gasteiger partial charge on any atom is -0.474 e. The average Bonchev–Trinajstić information content (AvgIpc) is 3.13. The Bertz CT molecular complexity index is 822. The van der Waals surface area contributed by atoms with Gasteiger partial charge in [0.15, 0.2) is 0 Å².